The highest BCUT2D eigenvalue weighted by atomic mass is 32.1. The van der Waals surface area contributed by atoms with Crippen LogP contribution in [0.4, 0.5) is 0 Å². The molecule has 1 aliphatic heterocycles. The molecule has 0 radical (unpaired) electrons. The summed E-state index contributed by atoms with van der Waals surface area (Å²) in [6.45, 7) is 12.9. The molecule has 1 N–H and O–H groups in total. The van der Waals surface area contributed by atoms with Crippen molar-refractivity contribution in [3.05, 3.63) is 78.5 Å². The first kappa shape index (κ1) is 31.9. The second-order valence-electron chi connectivity index (χ2n) is 11.2. The topological polar surface area (TPSA) is 109 Å². The number of thiazole rings is 1. The first-order valence-electron chi connectivity index (χ1n) is 14.5. The van der Waals surface area contributed by atoms with Gasteiger partial charge in [0.25, 0.3) is 5.56 Å². The number of aromatic nitrogens is 1. The smallest absolute Gasteiger partial charge is 0.338 e. The van der Waals surface area contributed by atoms with Crippen LogP contribution in [0.3, 0.4) is 0 Å². The summed E-state index contributed by atoms with van der Waals surface area (Å²) in [6.07, 6.45) is 2.62. The highest BCUT2D eigenvalue weighted by molar-refractivity contribution is 7.07. The van der Waals surface area contributed by atoms with Crippen molar-refractivity contribution in [1.82, 2.24) is 4.57 Å². The Morgan fingerprint density at radius 1 is 1.07 bits per heavy atom. The van der Waals surface area contributed by atoms with E-state index < -0.39 is 12.0 Å². The van der Waals surface area contributed by atoms with Gasteiger partial charge in [-0.15, -0.1) is 0 Å². The molecule has 1 unspecified atom stereocenters. The Bertz CT molecular complexity index is 1680. The first-order valence-corrected chi connectivity index (χ1v) is 15.3. The number of carbonyl (C=O) groups excluding carboxylic acids is 1. The molecule has 0 fully saturated rings. The van der Waals surface area contributed by atoms with Crippen molar-refractivity contribution in [1.29, 1.82) is 0 Å². The van der Waals surface area contributed by atoms with E-state index in [2.05, 4.69) is 18.8 Å². The predicted molar refractivity (Wildman–Crippen MR) is 167 cm³/mol. The van der Waals surface area contributed by atoms with Crippen molar-refractivity contribution >= 4 is 23.4 Å². The fraction of sp³-hybridized carbons (Fsp3) is 0.424. The summed E-state index contributed by atoms with van der Waals surface area (Å²) >= 11 is 1.22. The van der Waals surface area contributed by atoms with Crippen molar-refractivity contribution in [2.45, 2.75) is 54.0 Å². The fourth-order valence-electron chi connectivity index (χ4n) is 4.64. The average Bonchev–Trinajstić information content (AvgIpc) is 3.26. The van der Waals surface area contributed by atoms with Gasteiger partial charge in [-0.05, 0) is 73.6 Å². The number of ether oxygens (including phenoxy) is 4. The first-order chi connectivity index (χ1) is 20.5. The molecular weight excluding hydrogens is 568 g/mol. The van der Waals surface area contributed by atoms with E-state index in [-0.39, 0.29) is 23.8 Å². The van der Waals surface area contributed by atoms with Crippen LogP contribution in [-0.4, -0.2) is 42.6 Å². The molecule has 230 valence electrons. The van der Waals surface area contributed by atoms with Crippen LogP contribution in [0.15, 0.2) is 57.5 Å². The minimum atomic E-state index is -0.796. The zero-order chi connectivity index (χ0) is 31.3. The monoisotopic (exact) mass is 608 g/mol. The molecule has 9 nitrogen and oxygen atoms in total. The van der Waals surface area contributed by atoms with Gasteiger partial charge in [-0.3, -0.25) is 9.36 Å². The number of aromatic hydroxyl groups is 1. The van der Waals surface area contributed by atoms with Gasteiger partial charge < -0.3 is 24.1 Å². The molecule has 10 heteroatoms. The van der Waals surface area contributed by atoms with Gasteiger partial charge in [0, 0.05) is 0 Å². The van der Waals surface area contributed by atoms with Gasteiger partial charge in [0.05, 0.1) is 48.8 Å². The third-order valence-electron chi connectivity index (χ3n) is 6.83. The summed E-state index contributed by atoms with van der Waals surface area (Å²) in [7, 11) is 1.56. The van der Waals surface area contributed by atoms with E-state index in [0.29, 0.717) is 68.1 Å². The van der Waals surface area contributed by atoms with Crippen molar-refractivity contribution in [2.24, 2.45) is 16.8 Å². The summed E-state index contributed by atoms with van der Waals surface area (Å²) < 4.78 is 24.8. The maximum absolute atomic E-state index is 14.0. The number of phenolic OH excluding ortho intramolecular Hbond substituents is 1. The van der Waals surface area contributed by atoms with Crippen LogP contribution >= 0.6 is 11.3 Å². The highest BCUT2D eigenvalue weighted by Gasteiger charge is 2.34. The lowest BCUT2D eigenvalue weighted by Crippen LogP contribution is -2.40. The number of hydrogen-bond donors (Lipinski definition) is 1. The number of nitrogens with zero attached hydrogens (tertiary/aromatic N) is 2. The molecule has 0 saturated heterocycles. The summed E-state index contributed by atoms with van der Waals surface area (Å²) in [5.74, 6) is 1.54. The molecule has 0 aliphatic carbocycles. The van der Waals surface area contributed by atoms with Crippen molar-refractivity contribution < 1.29 is 28.8 Å². The third kappa shape index (κ3) is 7.30. The van der Waals surface area contributed by atoms with E-state index in [1.165, 1.54) is 22.0 Å². The molecule has 4 rings (SSSR count). The van der Waals surface area contributed by atoms with E-state index in [4.69, 9.17) is 18.9 Å². The highest BCUT2D eigenvalue weighted by Crippen LogP contribution is 2.36. The Balaban J connectivity index is 1.86. The zero-order valence-electron chi connectivity index (χ0n) is 25.8. The molecule has 0 bridgehead atoms. The number of fused-ring (bicyclic) bond motifs is 1. The van der Waals surface area contributed by atoms with E-state index in [1.807, 2.05) is 32.9 Å². The van der Waals surface area contributed by atoms with Gasteiger partial charge >= 0.3 is 5.97 Å². The lowest BCUT2D eigenvalue weighted by molar-refractivity contribution is -0.140. The van der Waals surface area contributed by atoms with Gasteiger partial charge in [0.1, 0.15) is 0 Å². The average molecular weight is 609 g/mol. The maximum Gasteiger partial charge on any atom is 0.338 e. The normalized spacial score (nSPS) is 15.0. The molecule has 3 aromatic rings. The molecule has 43 heavy (non-hydrogen) atoms. The van der Waals surface area contributed by atoms with Gasteiger partial charge in [-0.1, -0.05) is 51.2 Å². The molecule has 1 aliphatic rings. The number of benzene rings is 2. The molecule has 1 atom stereocenters. The van der Waals surface area contributed by atoms with Crippen LogP contribution in [0.1, 0.15) is 65.1 Å². The zero-order valence-corrected chi connectivity index (χ0v) is 26.6. The fourth-order valence-corrected chi connectivity index (χ4v) is 5.69. The Morgan fingerprint density at radius 3 is 2.51 bits per heavy atom. The van der Waals surface area contributed by atoms with E-state index in [9.17, 15) is 14.7 Å². The molecular formula is C33H40N2O7S. The van der Waals surface area contributed by atoms with Crippen LogP contribution < -0.4 is 29.1 Å². The molecule has 0 saturated carbocycles. The Morgan fingerprint density at radius 2 is 1.84 bits per heavy atom. The lowest BCUT2D eigenvalue weighted by Gasteiger charge is -2.25. The molecule has 2 aromatic carbocycles. The quantitative estimate of drug-likeness (QED) is 0.289. The Labute approximate surface area is 255 Å². The van der Waals surface area contributed by atoms with E-state index in [1.54, 1.807) is 38.3 Å². The number of carbonyl (C=O) groups is 1. The minimum Gasteiger partial charge on any atom is -0.504 e. The molecule has 2 heterocycles. The summed E-state index contributed by atoms with van der Waals surface area (Å²) in [4.78, 5) is 32.7. The SMILES string of the molecule is CCOc1cc(/C=c2\sc3n(c2=O)C(c2ccc(OCCC(C)C)c(OC)c2)C(C(=O)OCC(C)C)=C(C)N=3)ccc1O. The summed E-state index contributed by atoms with van der Waals surface area (Å²) in [5.41, 5.74) is 1.80. The number of phenols is 1. The van der Waals surface area contributed by atoms with Crippen LogP contribution in [-0.2, 0) is 9.53 Å². The molecule has 0 spiro atoms. The third-order valence-corrected chi connectivity index (χ3v) is 7.81. The van der Waals surface area contributed by atoms with Gasteiger partial charge in [0.15, 0.2) is 27.8 Å². The van der Waals surface area contributed by atoms with Crippen molar-refractivity contribution in [2.75, 3.05) is 26.9 Å². The van der Waals surface area contributed by atoms with E-state index >= 15 is 0 Å². The van der Waals surface area contributed by atoms with Gasteiger partial charge in [-0.2, -0.15) is 0 Å². The van der Waals surface area contributed by atoms with Gasteiger partial charge in [0.2, 0.25) is 0 Å². The lowest BCUT2D eigenvalue weighted by atomic mass is 9.95. The van der Waals surface area contributed by atoms with Gasteiger partial charge in [-0.25, -0.2) is 9.79 Å². The minimum absolute atomic E-state index is 0.0196. The Hall–Kier alpha value is -4.05. The van der Waals surface area contributed by atoms with Crippen LogP contribution in [0.25, 0.3) is 6.08 Å². The molecule has 0 amide bonds. The predicted octanol–water partition coefficient (Wildman–Crippen LogP) is 4.97. The summed E-state index contributed by atoms with van der Waals surface area (Å²) in [6, 6.07) is 9.57. The van der Waals surface area contributed by atoms with Crippen molar-refractivity contribution in [3.63, 3.8) is 0 Å². The second-order valence-corrected chi connectivity index (χ2v) is 12.2. The second kappa shape index (κ2) is 13.9. The van der Waals surface area contributed by atoms with E-state index in [0.717, 1.165) is 6.42 Å². The number of esters is 1. The Kier molecular flexibility index (Phi) is 10.3. The maximum atomic E-state index is 14.0. The van der Waals surface area contributed by atoms with Crippen LogP contribution in [0, 0.1) is 11.8 Å². The number of methoxy groups -OCH3 is 1. The molecule has 1 aromatic heterocycles. The largest absolute Gasteiger partial charge is 0.504 e. The summed E-state index contributed by atoms with van der Waals surface area (Å²) in [5, 5.41) is 10.1. The number of hydrogen-bond acceptors (Lipinski definition) is 9. The standard InChI is InChI=1S/C33H40N2O7S/c1-8-40-26-15-22(9-11-24(26)36)16-28-31(37)35-30(23-10-12-25(27(17-23)39-7)41-14-13-19(2)3)29(21(6)34-33(35)43-28)32(38)42-18-20(4)5/h9-12,15-17,19-20,30,36H,8,13-14,18H2,1-7H3/b28-16-. The van der Waals surface area contributed by atoms with Crippen LogP contribution in [0.5, 0.6) is 23.0 Å². The number of allylic oxidation sites excluding steroid dienone is 1. The van der Waals surface area contributed by atoms with Crippen molar-refractivity contribution in [3.8, 4) is 23.0 Å². The van der Waals surface area contributed by atoms with Crippen LogP contribution in [0.2, 0.25) is 0 Å². The number of rotatable bonds is 12.